The van der Waals surface area contributed by atoms with Gasteiger partial charge in [0, 0.05) is 0 Å². The zero-order chi connectivity index (χ0) is 20.0. The van der Waals surface area contributed by atoms with E-state index in [1.807, 2.05) is 0 Å². The Balaban J connectivity index is 2.06. The highest BCUT2D eigenvalue weighted by Gasteiger charge is 2.34. The van der Waals surface area contributed by atoms with E-state index < -0.39 is 37.8 Å². The molecule has 3 rings (SSSR count). The molecule has 8 nitrogen and oxygen atoms in total. The SMILES string of the molecule is CC(C)[C@H](NS(=O)(=O)c1ccc2c(c1)S(=O)(=O)c1ccccc1O2)C(=O)O. The molecule has 0 saturated carbocycles. The molecule has 0 spiro atoms. The Labute approximate surface area is 156 Å². The third kappa shape index (κ3) is 3.43. The molecule has 0 aromatic heterocycles. The molecule has 0 aliphatic carbocycles. The van der Waals surface area contributed by atoms with Crippen LogP contribution in [0, 0.1) is 5.92 Å². The topological polar surface area (TPSA) is 127 Å². The molecule has 27 heavy (non-hydrogen) atoms. The van der Waals surface area contributed by atoms with Crippen molar-refractivity contribution in [3.05, 3.63) is 42.5 Å². The number of carboxylic acids is 1. The first-order valence-electron chi connectivity index (χ1n) is 7.95. The molecule has 144 valence electrons. The van der Waals surface area contributed by atoms with Gasteiger partial charge in [0.25, 0.3) is 0 Å². The monoisotopic (exact) mass is 411 g/mol. The van der Waals surface area contributed by atoms with Gasteiger partial charge in [0.05, 0.1) is 4.90 Å². The Morgan fingerprint density at radius 3 is 2.33 bits per heavy atom. The van der Waals surface area contributed by atoms with E-state index >= 15 is 0 Å². The average Bonchev–Trinajstić information content (AvgIpc) is 2.59. The van der Waals surface area contributed by atoms with E-state index in [4.69, 9.17) is 4.74 Å². The number of carboxylic acid groups (broad SMARTS) is 1. The number of benzene rings is 2. The Morgan fingerprint density at radius 2 is 1.70 bits per heavy atom. The van der Waals surface area contributed by atoms with E-state index in [2.05, 4.69) is 4.72 Å². The van der Waals surface area contributed by atoms with Crippen LogP contribution in [0.4, 0.5) is 0 Å². The number of ether oxygens (including phenoxy) is 1. The Kier molecular flexibility index (Phi) is 4.74. The van der Waals surface area contributed by atoms with Gasteiger partial charge in [0.15, 0.2) is 0 Å². The van der Waals surface area contributed by atoms with Crippen molar-refractivity contribution < 1.29 is 31.5 Å². The van der Waals surface area contributed by atoms with Gasteiger partial charge in [-0.15, -0.1) is 0 Å². The number of hydrogen-bond donors (Lipinski definition) is 2. The lowest BCUT2D eigenvalue weighted by atomic mass is 10.1. The van der Waals surface area contributed by atoms with Crippen LogP contribution in [-0.4, -0.2) is 34.0 Å². The van der Waals surface area contributed by atoms with Gasteiger partial charge >= 0.3 is 5.97 Å². The van der Waals surface area contributed by atoms with Gasteiger partial charge in [0.2, 0.25) is 19.9 Å². The number of carbonyl (C=O) groups is 1. The number of nitrogens with one attached hydrogen (secondary N) is 1. The first-order valence-corrected chi connectivity index (χ1v) is 10.9. The summed E-state index contributed by atoms with van der Waals surface area (Å²) in [7, 11) is -8.24. The fraction of sp³-hybridized carbons (Fsp3) is 0.235. The Hall–Kier alpha value is -2.43. The second kappa shape index (κ2) is 6.63. The van der Waals surface area contributed by atoms with Gasteiger partial charge in [-0.1, -0.05) is 26.0 Å². The van der Waals surface area contributed by atoms with Crippen molar-refractivity contribution in [2.75, 3.05) is 0 Å². The number of fused-ring (bicyclic) bond motifs is 2. The summed E-state index contributed by atoms with van der Waals surface area (Å²) in [4.78, 5) is 10.6. The fourth-order valence-corrected chi connectivity index (χ4v) is 5.61. The number of rotatable bonds is 5. The second-order valence-corrected chi connectivity index (χ2v) is 9.94. The molecule has 0 bridgehead atoms. The summed E-state index contributed by atoms with van der Waals surface area (Å²) in [5.74, 6) is -1.67. The molecule has 1 heterocycles. The van der Waals surface area contributed by atoms with Crippen LogP contribution in [0.2, 0.25) is 0 Å². The summed E-state index contributed by atoms with van der Waals surface area (Å²) in [5.41, 5.74) is 0. The number of sulfone groups is 1. The van der Waals surface area contributed by atoms with E-state index in [0.29, 0.717) is 0 Å². The fourth-order valence-electron chi connectivity index (χ4n) is 2.65. The Morgan fingerprint density at radius 1 is 1.07 bits per heavy atom. The zero-order valence-electron chi connectivity index (χ0n) is 14.4. The molecule has 10 heteroatoms. The summed E-state index contributed by atoms with van der Waals surface area (Å²) in [6.07, 6.45) is 0. The molecule has 1 aliphatic rings. The predicted octanol–water partition coefficient (Wildman–Crippen LogP) is 2.01. The van der Waals surface area contributed by atoms with Crippen LogP contribution in [0.25, 0.3) is 0 Å². The van der Waals surface area contributed by atoms with Crippen molar-refractivity contribution in [1.82, 2.24) is 4.72 Å². The average molecular weight is 411 g/mol. The van der Waals surface area contributed by atoms with Crippen LogP contribution in [0.3, 0.4) is 0 Å². The van der Waals surface area contributed by atoms with Crippen LogP contribution >= 0.6 is 0 Å². The predicted molar refractivity (Wildman–Crippen MR) is 95.0 cm³/mol. The van der Waals surface area contributed by atoms with Crippen molar-refractivity contribution in [2.24, 2.45) is 5.92 Å². The lowest BCUT2D eigenvalue weighted by Crippen LogP contribution is -2.44. The Bertz CT molecular complexity index is 1120. The molecule has 0 radical (unpaired) electrons. The van der Waals surface area contributed by atoms with Gasteiger partial charge in [-0.3, -0.25) is 4.79 Å². The van der Waals surface area contributed by atoms with Crippen molar-refractivity contribution in [3.8, 4) is 11.5 Å². The maximum absolute atomic E-state index is 12.8. The van der Waals surface area contributed by atoms with Gasteiger partial charge < -0.3 is 9.84 Å². The van der Waals surface area contributed by atoms with E-state index in [-0.39, 0.29) is 26.2 Å². The third-order valence-corrected chi connectivity index (χ3v) is 7.34. The molecule has 0 amide bonds. The van der Waals surface area contributed by atoms with Crippen molar-refractivity contribution >= 4 is 25.8 Å². The standard InChI is InChI=1S/C17H17NO7S2/c1-10(2)16(17(19)20)18-27(23,24)11-7-8-13-15(9-11)26(21,22)14-6-4-3-5-12(14)25-13/h3-10,16,18H,1-2H3,(H,19,20)/t16-/m0/s1. The number of hydrogen-bond acceptors (Lipinski definition) is 6. The largest absolute Gasteiger partial charge is 0.480 e. The highest BCUT2D eigenvalue weighted by atomic mass is 32.2. The maximum Gasteiger partial charge on any atom is 0.322 e. The van der Waals surface area contributed by atoms with E-state index in [1.54, 1.807) is 19.9 Å². The minimum atomic E-state index is -4.26. The lowest BCUT2D eigenvalue weighted by molar-refractivity contribution is -0.140. The van der Waals surface area contributed by atoms with Gasteiger partial charge in [-0.05, 0) is 36.2 Å². The normalized spacial score (nSPS) is 16.1. The molecular formula is C17H17NO7S2. The molecular weight excluding hydrogens is 394 g/mol. The summed E-state index contributed by atoms with van der Waals surface area (Å²) in [6, 6.07) is 8.07. The third-order valence-electron chi connectivity index (χ3n) is 4.09. The van der Waals surface area contributed by atoms with Crippen molar-refractivity contribution in [2.45, 2.75) is 34.6 Å². The highest BCUT2D eigenvalue weighted by molar-refractivity contribution is 7.92. The van der Waals surface area contributed by atoms with Gasteiger partial charge in [0.1, 0.15) is 27.3 Å². The molecule has 2 aromatic rings. The minimum Gasteiger partial charge on any atom is -0.480 e. The first kappa shape index (κ1) is 19.3. The van der Waals surface area contributed by atoms with Crippen LogP contribution in [0.5, 0.6) is 11.5 Å². The summed E-state index contributed by atoms with van der Waals surface area (Å²) in [5, 5.41) is 9.20. The van der Waals surface area contributed by atoms with Crippen molar-refractivity contribution in [1.29, 1.82) is 0 Å². The smallest absolute Gasteiger partial charge is 0.322 e. The van der Waals surface area contributed by atoms with Gasteiger partial charge in [-0.2, -0.15) is 4.72 Å². The zero-order valence-corrected chi connectivity index (χ0v) is 16.0. The summed E-state index contributed by atoms with van der Waals surface area (Å²) < 4.78 is 58.5. The molecule has 1 atom stereocenters. The molecule has 0 fully saturated rings. The molecule has 0 unspecified atom stereocenters. The van der Waals surface area contributed by atoms with E-state index in [9.17, 15) is 26.7 Å². The molecule has 0 saturated heterocycles. The first-order chi connectivity index (χ1) is 12.5. The quantitative estimate of drug-likeness (QED) is 0.657. The molecule has 2 N–H and O–H groups in total. The summed E-state index contributed by atoms with van der Waals surface area (Å²) in [6.45, 7) is 3.12. The minimum absolute atomic E-state index is 0.00583. The number of para-hydroxylation sites is 1. The van der Waals surface area contributed by atoms with Crippen LogP contribution < -0.4 is 9.46 Å². The van der Waals surface area contributed by atoms with Gasteiger partial charge in [-0.25, -0.2) is 16.8 Å². The number of aliphatic carboxylic acids is 1. The lowest BCUT2D eigenvalue weighted by Gasteiger charge is -2.22. The highest BCUT2D eigenvalue weighted by Crippen LogP contribution is 2.43. The molecule has 1 aliphatic heterocycles. The maximum atomic E-state index is 12.8. The van der Waals surface area contributed by atoms with Crippen molar-refractivity contribution in [3.63, 3.8) is 0 Å². The van der Waals surface area contributed by atoms with Crippen LogP contribution in [0.1, 0.15) is 13.8 Å². The van der Waals surface area contributed by atoms with E-state index in [0.717, 1.165) is 6.07 Å². The van der Waals surface area contributed by atoms with E-state index in [1.165, 1.54) is 30.3 Å². The summed E-state index contributed by atoms with van der Waals surface area (Å²) >= 11 is 0. The molecule has 2 aromatic carbocycles. The number of sulfonamides is 1. The van der Waals surface area contributed by atoms with Crippen LogP contribution in [-0.2, 0) is 24.7 Å². The second-order valence-electron chi connectivity index (χ2n) is 6.34. The van der Waals surface area contributed by atoms with Crippen LogP contribution in [0.15, 0.2) is 57.2 Å².